The van der Waals surface area contributed by atoms with Gasteiger partial charge >= 0.3 is 0 Å². The van der Waals surface area contributed by atoms with E-state index in [9.17, 15) is 9.18 Å². The average molecular weight is 382 g/mol. The van der Waals surface area contributed by atoms with Crippen LogP contribution in [0.2, 0.25) is 0 Å². The van der Waals surface area contributed by atoms with E-state index in [1.165, 1.54) is 12.1 Å². The Balaban J connectivity index is 1.72. The normalized spacial score (nSPS) is 11.2. The van der Waals surface area contributed by atoms with E-state index >= 15 is 0 Å². The molecular weight excluding hydrogens is 363 g/mol. The molecule has 0 atom stereocenters. The van der Waals surface area contributed by atoms with Crippen molar-refractivity contribution in [1.82, 2.24) is 15.6 Å². The summed E-state index contributed by atoms with van der Waals surface area (Å²) in [7, 11) is 3.11. The lowest BCUT2D eigenvalue weighted by atomic mass is 10.1. The van der Waals surface area contributed by atoms with Gasteiger partial charge in [0.15, 0.2) is 11.5 Å². The SMILES string of the molecule is COc1ccc(C(C)=NNC(=O)c2cc(-c3ccc(F)cc3)n[nH]2)cc1OC. The molecule has 0 aliphatic carbocycles. The van der Waals surface area contributed by atoms with E-state index in [4.69, 9.17) is 9.47 Å². The summed E-state index contributed by atoms with van der Waals surface area (Å²) in [6, 6.07) is 12.8. The van der Waals surface area contributed by atoms with Crippen molar-refractivity contribution < 1.29 is 18.7 Å². The van der Waals surface area contributed by atoms with Gasteiger partial charge in [0.1, 0.15) is 11.5 Å². The zero-order chi connectivity index (χ0) is 20.1. The molecule has 0 aliphatic rings. The lowest BCUT2D eigenvalue weighted by molar-refractivity contribution is 0.0950. The first kappa shape index (κ1) is 19.1. The van der Waals surface area contributed by atoms with Crippen molar-refractivity contribution in [3.63, 3.8) is 0 Å². The minimum Gasteiger partial charge on any atom is -0.493 e. The Morgan fingerprint density at radius 1 is 1.07 bits per heavy atom. The highest BCUT2D eigenvalue weighted by Gasteiger charge is 2.12. The van der Waals surface area contributed by atoms with Gasteiger partial charge in [0.05, 0.1) is 25.6 Å². The summed E-state index contributed by atoms with van der Waals surface area (Å²) in [6.07, 6.45) is 0. The molecule has 1 heterocycles. The molecule has 7 nitrogen and oxygen atoms in total. The molecule has 0 bridgehead atoms. The van der Waals surface area contributed by atoms with E-state index < -0.39 is 5.91 Å². The van der Waals surface area contributed by atoms with E-state index in [1.807, 2.05) is 6.07 Å². The topological polar surface area (TPSA) is 88.6 Å². The minimum absolute atomic E-state index is 0.239. The molecular formula is C20H19FN4O3. The molecule has 28 heavy (non-hydrogen) atoms. The van der Waals surface area contributed by atoms with Crippen LogP contribution in [0, 0.1) is 5.82 Å². The summed E-state index contributed by atoms with van der Waals surface area (Å²) in [6.45, 7) is 1.76. The van der Waals surface area contributed by atoms with Crippen molar-refractivity contribution in [2.75, 3.05) is 14.2 Å². The Labute approximate surface area is 161 Å². The highest BCUT2D eigenvalue weighted by molar-refractivity contribution is 6.01. The van der Waals surface area contributed by atoms with Gasteiger partial charge < -0.3 is 9.47 Å². The number of hydrogen-bond acceptors (Lipinski definition) is 5. The first-order valence-electron chi connectivity index (χ1n) is 8.40. The summed E-state index contributed by atoms with van der Waals surface area (Å²) in [5, 5.41) is 10.8. The molecule has 3 rings (SSSR count). The lowest BCUT2D eigenvalue weighted by Gasteiger charge is -2.09. The molecule has 2 N–H and O–H groups in total. The van der Waals surface area contributed by atoms with Gasteiger partial charge in [0.25, 0.3) is 5.91 Å². The number of aromatic nitrogens is 2. The molecule has 0 fully saturated rings. The highest BCUT2D eigenvalue weighted by Crippen LogP contribution is 2.27. The summed E-state index contributed by atoms with van der Waals surface area (Å²) >= 11 is 0. The number of benzene rings is 2. The van der Waals surface area contributed by atoms with Crippen LogP contribution in [0.1, 0.15) is 23.0 Å². The van der Waals surface area contributed by atoms with Gasteiger partial charge in [-0.05, 0) is 55.5 Å². The van der Waals surface area contributed by atoms with Crippen LogP contribution in [0.5, 0.6) is 11.5 Å². The molecule has 8 heteroatoms. The van der Waals surface area contributed by atoms with Crippen LogP contribution < -0.4 is 14.9 Å². The van der Waals surface area contributed by atoms with Gasteiger partial charge in [-0.25, -0.2) is 9.82 Å². The largest absolute Gasteiger partial charge is 0.493 e. The molecule has 0 unspecified atom stereocenters. The number of amides is 1. The highest BCUT2D eigenvalue weighted by atomic mass is 19.1. The number of ether oxygens (including phenoxy) is 2. The predicted molar refractivity (Wildman–Crippen MR) is 103 cm³/mol. The lowest BCUT2D eigenvalue weighted by Crippen LogP contribution is -2.19. The Kier molecular flexibility index (Phi) is 5.69. The second kappa shape index (κ2) is 8.34. The fourth-order valence-corrected chi connectivity index (χ4v) is 2.53. The van der Waals surface area contributed by atoms with Crippen molar-refractivity contribution >= 4 is 11.6 Å². The van der Waals surface area contributed by atoms with E-state index in [0.717, 1.165) is 5.56 Å². The smallest absolute Gasteiger partial charge is 0.289 e. The Morgan fingerprint density at radius 3 is 2.46 bits per heavy atom. The van der Waals surface area contributed by atoms with Crippen LogP contribution in [0.3, 0.4) is 0 Å². The number of aromatic amines is 1. The van der Waals surface area contributed by atoms with Crippen LogP contribution in [-0.4, -0.2) is 36.0 Å². The van der Waals surface area contributed by atoms with Crippen molar-refractivity contribution in [3.05, 3.63) is 65.6 Å². The fraction of sp³-hybridized carbons (Fsp3) is 0.150. The van der Waals surface area contributed by atoms with Crippen LogP contribution in [0.15, 0.2) is 53.6 Å². The maximum atomic E-state index is 13.0. The first-order chi connectivity index (χ1) is 13.5. The van der Waals surface area contributed by atoms with E-state index in [-0.39, 0.29) is 11.5 Å². The summed E-state index contributed by atoms with van der Waals surface area (Å²) in [5.41, 5.74) is 5.31. The van der Waals surface area contributed by atoms with Crippen LogP contribution in [0.25, 0.3) is 11.3 Å². The van der Waals surface area contributed by atoms with Crippen LogP contribution >= 0.6 is 0 Å². The minimum atomic E-state index is -0.444. The molecule has 144 valence electrons. The average Bonchev–Trinajstić information content (AvgIpc) is 3.22. The molecule has 3 aromatic rings. The van der Waals surface area contributed by atoms with Gasteiger partial charge in [-0.2, -0.15) is 10.2 Å². The second-order valence-corrected chi connectivity index (χ2v) is 5.88. The standard InChI is InChI=1S/C20H19FN4O3/c1-12(14-6-9-18(27-2)19(10-14)28-3)22-25-20(26)17-11-16(23-24-17)13-4-7-15(21)8-5-13/h4-11H,1-3H3,(H,23,24)(H,25,26). The third-order valence-electron chi connectivity index (χ3n) is 4.09. The summed E-state index contributed by atoms with van der Waals surface area (Å²) in [5.74, 6) is 0.394. The maximum Gasteiger partial charge on any atom is 0.289 e. The van der Waals surface area contributed by atoms with E-state index in [1.54, 1.807) is 51.5 Å². The van der Waals surface area contributed by atoms with Crippen molar-refractivity contribution in [2.24, 2.45) is 5.10 Å². The zero-order valence-corrected chi connectivity index (χ0v) is 15.6. The van der Waals surface area contributed by atoms with Gasteiger partial charge in [-0.15, -0.1) is 0 Å². The Hall–Kier alpha value is -3.68. The molecule has 0 saturated heterocycles. The molecule has 1 aromatic heterocycles. The fourth-order valence-electron chi connectivity index (χ4n) is 2.53. The monoisotopic (exact) mass is 382 g/mol. The molecule has 0 spiro atoms. The predicted octanol–water partition coefficient (Wildman–Crippen LogP) is 3.39. The third kappa shape index (κ3) is 4.17. The molecule has 1 amide bonds. The maximum absolute atomic E-state index is 13.0. The molecule has 2 aromatic carbocycles. The molecule has 0 aliphatic heterocycles. The number of carbonyl (C=O) groups excluding carboxylic acids is 1. The first-order valence-corrected chi connectivity index (χ1v) is 8.40. The van der Waals surface area contributed by atoms with E-state index in [0.29, 0.717) is 28.5 Å². The zero-order valence-electron chi connectivity index (χ0n) is 15.6. The number of hydrazone groups is 1. The van der Waals surface area contributed by atoms with Gasteiger partial charge in [0, 0.05) is 11.1 Å². The van der Waals surface area contributed by atoms with Crippen molar-refractivity contribution in [1.29, 1.82) is 0 Å². The molecule has 0 radical (unpaired) electrons. The number of nitrogens with zero attached hydrogens (tertiary/aromatic N) is 2. The number of methoxy groups -OCH3 is 2. The summed E-state index contributed by atoms with van der Waals surface area (Å²) < 4.78 is 23.5. The molecule has 0 saturated carbocycles. The van der Waals surface area contributed by atoms with E-state index in [2.05, 4.69) is 20.7 Å². The van der Waals surface area contributed by atoms with Gasteiger partial charge in [-0.3, -0.25) is 9.89 Å². The van der Waals surface area contributed by atoms with Gasteiger partial charge in [0.2, 0.25) is 0 Å². The van der Waals surface area contributed by atoms with Crippen LogP contribution in [0.4, 0.5) is 4.39 Å². The quantitative estimate of drug-likeness (QED) is 0.505. The number of rotatable bonds is 6. The van der Waals surface area contributed by atoms with Gasteiger partial charge in [-0.1, -0.05) is 0 Å². The summed E-state index contributed by atoms with van der Waals surface area (Å²) in [4.78, 5) is 12.3. The number of carbonyl (C=O) groups is 1. The number of halogens is 1. The number of hydrogen-bond donors (Lipinski definition) is 2. The Morgan fingerprint density at radius 2 is 1.79 bits per heavy atom. The van der Waals surface area contributed by atoms with Crippen molar-refractivity contribution in [2.45, 2.75) is 6.92 Å². The Bertz CT molecular complexity index is 1010. The number of nitrogens with one attached hydrogen (secondary N) is 2. The van der Waals surface area contributed by atoms with Crippen molar-refractivity contribution in [3.8, 4) is 22.8 Å². The number of H-pyrrole nitrogens is 1. The third-order valence-corrected chi connectivity index (χ3v) is 4.09. The van der Waals surface area contributed by atoms with Crippen LogP contribution in [-0.2, 0) is 0 Å². The second-order valence-electron chi connectivity index (χ2n) is 5.88.